The summed E-state index contributed by atoms with van der Waals surface area (Å²) in [6.45, 7) is 1.88. The molecule has 1 aromatic carbocycles. The van der Waals surface area contributed by atoms with Crippen molar-refractivity contribution in [2.45, 2.75) is 6.92 Å². The number of benzene rings is 1. The maximum atomic E-state index is 5.93. The standard InChI is InChI=1S/C12H11N5S/c1-6-10(11(13)17-12(14)16-6)7-2-3-8-9(4-7)18-5-15-8/h2-5H,1H3,(H4,13,14,16,17). The van der Waals surface area contributed by atoms with Crippen LogP contribution in [0.25, 0.3) is 21.3 Å². The molecule has 0 saturated carbocycles. The number of nitrogens with zero attached hydrogens (tertiary/aromatic N) is 3. The Labute approximate surface area is 108 Å². The Balaban J connectivity index is 2.25. The Hall–Kier alpha value is -2.21. The fourth-order valence-electron chi connectivity index (χ4n) is 1.98. The number of hydrogen-bond acceptors (Lipinski definition) is 6. The van der Waals surface area contributed by atoms with E-state index in [1.54, 1.807) is 11.3 Å². The predicted molar refractivity (Wildman–Crippen MR) is 74.2 cm³/mol. The lowest BCUT2D eigenvalue weighted by molar-refractivity contribution is 1.13. The van der Waals surface area contributed by atoms with Gasteiger partial charge in [0.15, 0.2) is 0 Å². The van der Waals surface area contributed by atoms with E-state index in [2.05, 4.69) is 15.0 Å². The molecule has 18 heavy (non-hydrogen) atoms. The van der Waals surface area contributed by atoms with Crippen molar-refractivity contribution in [3.05, 3.63) is 29.4 Å². The van der Waals surface area contributed by atoms with Crippen molar-refractivity contribution >= 4 is 33.3 Å². The average Bonchev–Trinajstić information content (AvgIpc) is 2.74. The first kappa shape index (κ1) is 10.9. The van der Waals surface area contributed by atoms with E-state index in [9.17, 15) is 0 Å². The molecule has 2 aromatic heterocycles. The lowest BCUT2D eigenvalue weighted by Crippen LogP contribution is -2.04. The van der Waals surface area contributed by atoms with Crippen molar-refractivity contribution in [1.82, 2.24) is 15.0 Å². The summed E-state index contributed by atoms with van der Waals surface area (Å²) in [5, 5.41) is 0. The number of anilines is 2. The number of aryl methyl sites for hydroxylation is 1. The molecule has 0 aliphatic carbocycles. The van der Waals surface area contributed by atoms with Crippen molar-refractivity contribution in [2.24, 2.45) is 0 Å². The van der Waals surface area contributed by atoms with E-state index < -0.39 is 0 Å². The Bertz CT molecular complexity index is 711. The molecule has 0 aliphatic rings. The summed E-state index contributed by atoms with van der Waals surface area (Å²) in [6, 6.07) is 5.99. The van der Waals surface area contributed by atoms with Crippen molar-refractivity contribution < 1.29 is 0 Å². The van der Waals surface area contributed by atoms with Gasteiger partial charge in [-0.2, -0.15) is 4.98 Å². The normalized spacial score (nSPS) is 10.9. The maximum Gasteiger partial charge on any atom is 0.222 e. The minimum absolute atomic E-state index is 0.201. The van der Waals surface area contributed by atoms with Gasteiger partial charge < -0.3 is 11.5 Å². The van der Waals surface area contributed by atoms with Crippen LogP contribution in [0.5, 0.6) is 0 Å². The van der Waals surface area contributed by atoms with Crippen LogP contribution >= 0.6 is 11.3 Å². The number of nitrogens with two attached hydrogens (primary N) is 2. The van der Waals surface area contributed by atoms with Crippen molar-refractivity contribution in [3.8, 4) is 11.1 Å². The van der Waals surface area contributed by atoms with E-state index >= 15 is 0 Å². The Morgan fingerprint density at radius 3 is 2.78 bits per heavy atom. The van der Waals surface area contributed by atoms with Gasteiger partial charge in [0.25, 0.3) is 0 Å². The van der Waals surface area contributed by atoms with Gasteiger partial charge in [0.05, 0.1) is 21.4 Å². The lowest BCUT2D eigenvalue weighted by Gasteiger charge is -2.08. The highest BCUT2D eigenvalue weighted by Crippen LogP contribution is 2.31. The summed E-state index contributed by atoms with van der Waals surface area (Å²) >= 11 is 1.59. The molecule has 0 saturated heterocycles. The Morgan fingerprint density at radius 2 is 2.00 bits per heavy atom. The van der Waals surface area contributed by atoms with Gasteiger partial charge in [-0.15, -0.1) is 11.3 Å². The van der Waals surface area contributed by atoms with E-state index in [0.29, 0.717) is 5.82 Å². The molecule has 0 bridgehead atoms. The second-order valence-electron chi connectivity index (χ2n) is 3.96. The summed E-state index contributed by atoms with van der Waals surface area (Å²) in [5.41, 5.74) is 16.9. The smallest absolute Gasteiger partial charge is 0.222 e. The summed E-state index contributed by atoms with van der Waals surface area (Å²) in [7, 11) is 0. The number of nitrogen functional groups attached to an aromatic ring is 2. The monoisotopic (exact) mass is 257 g/mol. The van der Waals surface area contributed by atoms with Crippen LogP contribution in [0.2, 0.25) is 0 Å². The van der Waals surface area contributed by atoms with Crippen LogP contribution in [0, 0.1) is 6.92 Å². The second-order valence-corrected chi connectivity index (χ2v) is 4.85. The third-order valence-electron chi connectivity index (χ3n) is 2.76. The van der Waals surface area contributed by atoms with Crippen LogP contribution in [0.3, 0.4) is 0 Å². The van der Waals surface area contributed by atoms with Gasteiger partial charge in [-0.1, -0.05) is 6.07 Å². The Kier molecular flexibility index (Phi) is 2.38. The minimum atomic E-state index is 0.201. The topological polar surface area (TPSA) is 90.7 Å². The van der Waals surface area contributed by atoms with E-state index in [1.165, 1.54) is 0 Å². The van der Waals surface area contributed by atoms with Gasteiger partial charge in [-0.05, 0) is 24.6 Å². The molecule has 0 fully saturated rings. The number of hydrogen-bond donors (Lipinski definition) is 2. The quantitative estimate of drug-likeness (QED) is 0.697. The SMILES string of the molecule is Cc1nc(N)nc(N)c1-c1ccc2ncsc2c1. The summed E-state index contributed by atoms with van der Waals surface area (Å²) in [6.07, 6.45) is 0. The maximum absolute atomic E-state index is 5.93. The molecular formula is C12H11N5S. The van der Waals surface area contributed by atoms with Crippen LogP contribution in [0.1, 0.15) is 5.69 Å². The molecule has 4 N–H and O–H groups in total. The van der Waals surface area contributed by atoms with E-state index in [1.807, 2.05) is 30.6 Å². The van der Waals surface area contributed by atoms with E-state index in [4.69, 9.17) is 11.5 Å². The summed E-state index contributed by atoms with van der Waals surface area (Å²) in [5.74, 6) is 0.608. The fraction of sp³-hybridized carbons (Fsp3) is 0.0833. The van der Waals surface area contributed by atoms with Gasteiger partial charge in [-0.25, -0.2) is 9.97 Å². The van der Waals surface area contributed by atoms with Crippen molar-refractivity contribution in [1.29, 1.82) is 0 Å². The van der Waals surface area contributed by atoms with Crippen LogP contribution in [0.15, 0.2) is 23.7 Å². The zero-order valence-electron chi connectivity index (χ0n) is 9.71. The third kappa shape index (κ3) is 1.67. The molecule has 0 spiro atoms. The average molecular weight is 257 g/mol. The molecule has 0 unspecified atom stereocenters. The van der Waals surface area contributed by atoms with Crippen molar-refractivity contribution in [2.75, 3.05) is 11.5 Å². The van der Waals surface area contributed by atoms with Crippen LogP contribution in [-0.4, -0.2) is 15.0 Å². The predicted octanol–water partition coefficient (Wildman–Crippen LogP) is 2.23. The van der Waals surface area contributed by atoms with Gasteiger partial charge in [0.2, 0.25) is 5.95 Å². The summed E-state index contributed by atoms with van der Waals surface area (Å²) in [4.78, 5) is 12.4. The van der Waals surface area contributed by atoms with Crippen LogP contribution in [-0.2, 0) is 0 Å². The molecular weight excluding hydrogens is 246 g/mol. The zero-order chi connectivity index (χ0) is 12.7. The molecule has 0 amide bonds. The molecule has 2 heterocycles. The highest BCUT2D eigenvalue weighted by atomic mass is 32.1. The Morgan fingerprint density at radius 1 is 1.17 bits per heavy atom. The number of rotatable bonds is 1. The largest absolute Gasteiger partial charge is 0.383 e. The fourth-order valence-corrected chi connectivity index (χ4v) is 2.70. The molecule has 3 aromatic rings. The van der Waals surface area contributed by atoms with Crippen molar-refractivity contribution in [3.63, 3.8) is 0 Å². The highest BCUT2D eigenvalue weighted by Gasteiger charge is 2.11. The molecule has 5 nitrogen and oxygen atoms in total. The molecule has 0 radical (unpaired) electrons. The lowest BCUT2D eigenvalue weighted by atomic mass is 10.0. The van der Waals surface area contributed by atoms with Gasteiger partial charge in [0.1, 0.15) is 5.82 Å². The van der Waals surface area contributed by atoms with Crippen LogP contribution in [0.4, 0.5) is 11.8 Å². The first-order chi connectivity index (χ1) is 8.65. The van der Waals surface area contributed by atoms with Crippen LogP contribution < -0.4 is 11.5 Å². The number of fused-ring (bicyclic) bond motifs is 1. The molecule has 3 rings (SSSR count). The van der Waals surface area contributed by atoms with Gasteiger partial charge in [-0.3, -0.25) is 0 Å². The number of aromatic nitrogens is 3. The molecule has 6 heteroatoms. The van der Waals surface area contributed by atoms with E-state index in [-0.39, 0.29) is 5.95 Å². The first-order valence-electron chi connectivity index (χ1n) is 5.38. The van der Waals surface area contributed by atoms with E-state index in [0.717, 1.165) is 27.0 Å². The first-order valence-corrected chi connectivity index (χ1v) is 6.26. The van der Waals surface area contributed by atoms with Gasteiger partial charge >= 0.3 is 0 Å². The second kappa shape index (κ2) is 3.92. The minimum Gasteiger partial charge on any atom is -0.383 e. The summed E-state index contributed by atoms with van der Waals surface area (Å²) < 4.78 is 1.11. The van der Waals surface area contributed by atoms with Gasteiger partial charge in [0, 0.05) is 5.56 Å². The number of thiazole rings is 1. The zero-order valence-corrected chi connectivity index (χ0v) is 10.5. The molecule has 90 valence electrons. The highest BCUT2D eigenvalue weighted by molar-refractivity contribution is 7.16. The molecule has 0 atom stereocenters. The molecule has 0 aliphatic heterocycles. The third-order valence-corrected chi connectivity index (χ3v) is 3.55.